The van der Waals surface area contributed by atoms with Gasteiger partial charge in [-0.3, -0.25) is 4.79 Å². The van der Waals surface area contributed by atoms with Crippen LogP contribution in [0.2, 0.25) is 5.02 Å². The highest BCUT2D eigenvalue weighted by atomic mass is 35.5. The number of hydrogen-bond donors (Lipinski definition) is 1. The van der Waals surface area contributed by atoms with E-state index in [1.165, 1.54) is 4.90 Å². The Hall–Kier alpha value is -1.65. The fraction of sp³-hybridized carbons (Fsp3) is 0.278. The van der Waals surface area contributed by atoms with Crippen molar-refractivity contribution >= 4 is 40.6 Å². The predicted octanol–water partition coefficient (Wildman–Crippen LogP) is 4.67. The van der Waals surface area contributed by atoms with Crippen molar-refractivity contribution in [2.45, 2.75) is 23.5 Å². The summed E-state index contributed by atoms with van der Waals surface area (Å²) in [5.41, 5.74) is 1.92. The van der Waals surface area contributed by atoms with Crippen molar-refractivity contribution in [3.8, 4) is 0 Å². The number of carbonyl (C=O) groups excluding carboxylic acids is 1. The average Bonchev–Trinajstić information content (AvgIpc) is 2.56. The molecule has 2 aromatic carbocycles. The number of anilines is 2. The minimum absolute atomic E-state index is 0.0103. The summed E-state index contributed by atoms with van der Waals surface area (Å²) in [5.74, 6) is -0.0103. The van der Waals surface area contributed by atoms with Gasteiger partial charge in [0, 0.05) is 27.4 Å². The number of fused-ring (bicyclic) bond motifs is 1. The molecule has 1 aliphatic rings. The predicted molar refractivity (Wildman–Crippen MR) is 98.7 cm³/mol. The monoisotopic (exact) mass is 346 g/mol. The second kappa shape index (κ2) is 7.28. The molecule has 0 radical (unpaired) electrons. The number of thioether (sulfide) groups is 1. The fourth-order valence-electron chi connectivity index (χ4n) is 2.65. The molecule has 0 saturated heterocycles. The molecule has 3 nitrogen and oxygen atoms in total. The largest absolute Gasteiger partial charge is 0.360 e. The van der Waals surface area contributed by atoms with Crippen molar-refractivity contribution < 1.29 is 4.79 Å². The lowest BCUT2D eigenvalue weighted by Crippen LogP contribution is -2.40. The molecule has 3 rings (SSSR count). The third-order valence-electron chi connectivity index (χ3n) is 3.84. The number of nitrogens with one attached hydrogen (secondary N) is 1. The van der Waals surface area contributed by atoms with Crippen LogP contribution in [0.15, 0.2) is 53.4 Å². The molecule has 0 saturated carbocycles. The molecule has 1 aliphatic heterocycles. The van der Waals surface area contributed by atoms with Crippen LogP contribution < -0.4 is 10.2 Å². The second-order valence-corrected chi connectivity index (χ2v) is 7.33. The van der Waals surface area contributed by atoms with Crippen LogP contribution in [0.4, 0.5) is 11.4 Å². The number of halogens is 1. The molecule has 0 aliphatic carbocycles. The highest BCUT2D eigenvalue weighted by molar-refractivity contribution is 8.00. The summed E-state index contributed by atoms with van der Waals surface area (Å²) in [4.78, 5) is 15.8. The van der Waals surface area contributed by atoms with E-state index < -0.39 is 0 Å². The van der Waals surface area contributed by atoms with Crippen molar-refractivity contribution in [2.75, 3.05) is 23.3 Å². The van der Waals surface area contributed by atoms with Crippen molar-refractivity contribution in [3.63, 3.8) is 0 Å². The Morgan fingerprint density at radius 1 is 1.26 bits per heavy atom. The molecule has 1 atom stereocenters. The van der Waals surface area contributed by atoms with E-state index in [1.54, 1.807) is 12.1 Å². The van der Waals surface area contributed by atoms with Crippen molar-refractivity contribution in [2.24, 2.45) is 0 Å². The molecule has 1 heterocycles. The maximum Gasteiger partial charge on any atom is 0.243 e. The van der Waals surface area contributed by atoms with E-state index in [2.05, 4.69) is 35.3 Å². The van der Waals surface area contributed by atoms with Gasteiger partial charge in [0.25, 0.3) is 0 Å². The van der Waals surface area contributed by atoms with Gasteiger partial charge < -0.3 is 10.2 Å². The standard InChI is InChI=1S/C18H19ClN2OS/c1-2-15-11-21(16-5-3-4-6-17(16)23-15)12-18(22)20-14-9-7-13(19)8-10-14/h3-10,15H,2,11-12H2,1H3,(H,20,22). The number of benzene rings is 2. The SMILES string of the molecule is CCC1CN(CC(=O)Nc2ccc(Cl)cc2)c2ccccc2S1. The number of rotatable bonds is 4. The summed E-state index contributed by atoms with van der Waals surface area (Å²) < 4.78 is 0. The first kappa shape index (κ1) is 16.2. The highest BCUT2D eigenvalue weighted by Crippen LogP contribution is 2.39. The van der Waals surface area contributed by atoms with E-state index >= 15 is 0 Å². The quantitative estimate of drug-likeness (QED) is 0.873. The Balaban J connectivity index is 1.71. The van der Waals surface area contributed by atoms with Gasteiger partial charge in [-0.1, -0.05) is 30.7 Å². The lowest BCUT2D eigenvalue weighted by Gasteiger charge is -2.34. The highest BCUT2D eigenvalue weighted by Gasteiger charge is 2.25. The summed E-state index contributed by atoms with van der Waals surface area (Å²) in [6, 6.07) is 15.5. The number of hydrogen-bond acceptors (Lipinski definition) is 3. The van der Waals surface area contributed by atoms with Gasteiger partial charge in [0.2, 0.25) is 5.91 Å². The van der Waals surface area contributed by atoms with Gasteiger partial charge in [0.15, 0.2) is 0 Å². The van der Waals surface area contributed by atoms with Crippen LogP contribution >= 0.6 is 23.4 Å². The summed E-state index contributed by atoms with van der Waals surface area (Å²) in [6.45, 7) is 3.44. The number of para-hydroxylation sites is 1. The van der Waals surface area contributed by atoms with E-state index in [0.717, 1.165) is 24.3 Å². The molecule has 23 heavy (non-hydrogen) atoms. The molecule has 0 aromatic heterocycles. The van der Waals surface area contributed by atoms with Gasteiger partial charge in [-0.15, -0.1) is 11.8 Å². The van der Waals surface area contributed by atoms with Crippen molar-refractivity contribution in [1.82, 2.24) is 0 Å². The molecule has 120 valence electrons. The number of nitrogens with zero attached hydrogens (tertiary/aromatic N) is 1. The molecule has 0 fully saturated rings. The van der Waals surface area contributed by atoms with Crippen molar-refractivity contribution in [3.05, 3.63) is 53.6 Å². The third kappa shape index (κ3) is 4.01. The molecule has 1 amide bonds. The smallest absolute Gasteiger partial charge is 0.243 e. The summed E-state index contributed by atoms with van der Waals surface area (Å²) in [7, 11) is 0. The average molecular weight is 347 g/mol. The van der Waals surface area contributed by atoms with Crippen LogP contribution in [-0.4, -0.2) is 24.2 Å². The maximum absolute atomic E-state index is 12.4. The lowest BCUT2D eigenvalue weighted by molar-refractivity contribution is -0.115. The maximum atomic E-state index is 12.4. The Kier molecular flexibility index (Phi) is 5.13. The minimum atomic E-state index is -0.0103. The van der Waals surface area contributed by atoms with E-state index in [9.17, 15) is 4.79 Å². The third-order valence-corrected chi connectivity index (χ3v) is 5.51. The zero-order valence-corrected chi connectivity index (χ0v) is 14.5. The molecule has 2 aromatic rings. The molecule has 0 spiro atoms. The van der Waals surface area contributed by atoms with Crippen LogP contribution in [0.1, 0.15) is 13.3 Å². The molecule has 1 unspecified atom stereocenters. The molecule has 5 heteroatoms. The van der Waals surface area contributed by atoms with Crippen LogP contribution in [0, 0.1) is 0 Å². The molecule has 1 N–H and O–H groups in total. The number of amides is 1. The first-order valence-corrected chi connectivity index (χ1v) is 8.97. The summed E-state index contributed by atoms with van der Waals surface area (Å²) >= 11 is 7.77. The van der Waals surface area contributed by atoms with Crippen LogP contribution in [0.3, 0.4) is 0 Å². The number of carbonyl (C=O) groups is 1. The Labute approximate surface area is 146 Å². The Morgan fingerprint density at radius 3 is 2.74 bits per heavy atom. The summed E-state index contributed by atoms with van der Waals surface area (Å²) in [5, 5.41) is 4.12. The van der Waals surface area contributed by atoms with E-state index in [1.807, 2.05) is 30.0 Å². The zero-order valence-electron chi connectivity index (χ0n) is 13.0. The Morgan fingerprint density at radius 2 is 2.00 bits per heavy atom. The van der Waals surface area contributed by atoms with Crippen LogP contribution in [-0.2, 0) is 4.79 Å². The van der Waals surface area contributed by atoms with E-state index in [4.69, 9.17) is 11.6 Å². The van der Waals surface area contributed by atoms with Crippen LogP contribution in [0.5, 0.6) is 0 Å². The molecule has 0 bridgehead atoms. The van der Waals surface area contributed by atoms with E-state index in [0.29, 0.717) is 16.8 Å². The van der Waals surface area contributed by atoms with Gasteiger partial charge in [-0.25, -0.2) is 0 Å². The van der Waals surface area contributed by atoms with Gasteiger partial charge in [-0.2, -0.15) is 0 Å². The van der Waals surface area contributed by atoms with Gasteiger partial charge in [0.1, 0.15) is 0 Å². The van der Waals surface area contributed by atoms with E-state index in [-0.39, 0.29) is 5.91 Å². The first-order chi connectivity index (χ1) is 11.2. The lowest BCUT2D eigenvalue weighted by atomic mass is 10.2. The van der Waals surface area contributed by atoms with Crippen LogP contribution in [0.25, 0.3) is 0 Å². The van der Waals surface area contributed by atoms with Crippen molar-refractivity contribution in [1.29, 1.82) is 0 Å². The second-order valence-electron chi connectivity index (χ2n) is 5.55. The summed E-state index contributed by atoms with van der Waals surface area (Å²) in [6.07, 6.45) is 1.09. The topological polar surface area (TPSA) is 32.3 Å². The minimum Gasteiger partial charge on any atom is -0.360 e. The molecular weight excluding hydrogens is 328 g/mol. The first-order valence-electron chi connectivity index (χ1n) is 7.71. The fourth-order valence-corrected chi connectivity index (χ4v) is 4.03. The van der Waals surface area contributed by atoms with Gasteiger partial charge in [0.05, 0.1) is 12.2 Å². The molecular formula is C18H19ClN2OS. The normalized spacial score (nSPS) is 16.8. The Bertz CT molecular complexity index is 690. The zero-order chi connectivity index (χ0) is 16.2. The van der Waals surface area contributed by atoms with Gasteiger partial charge in [-0.05, 0) is 42.8 Å². The van der Waals surface area contributed by atoms with Gasteiger partial charge >= 0.3 is 0 Å².